The second-order valence-electron chi connectivity index (χ2n) is 6.84. The van der Waals surface area contributed by atoms with E-state index in [-0.39, 0.29) is 5.41 Å². The van der Waals surface area contributed by atoms with Crippen LogP contribution in [-0.2, 0) is 12.0 Å². The number of pyridine rings is 1. The molecule has 0 amide bonds. The average molecular weight is 352 g/mol. The molecule has 1 aromatic carbocycles. The molecule has 0 spiro atoms. The van der Waals surface area contributed by atoms with Crippen molar-refractivity contribution in [2.75, 3.05) is 20.7 Å². The van der Waals surface area contributed by atoms with E-state index in [0.29, 0.717) is 12.4 Å². The Balaban J connectivity index is 1.59. The molecule has 0 atom stereocenters. The summed E-state index contributed by atoms with van der Waals surface area (Å²) in [6.45, 7) is 1.58. The lowest BCUT2D eigenvalue weighted by molar-refractivity contribution is 0.397. The zero-order chi connectivity index (χ0) is 18.2. The molecule has 138 valence electrons. The first-order chi connectivity index (χ1) is 12.8. The van der Waals surface area contributed by atoms with E-state index in [2.05, 4.69) is 50.9 Å². The van der Waals surface area contributed by atoms with Crippen LogP contribution in [0.5, 0.6) is 5.88 Å². The molecule has 1 aromatic heterocycles. The van der Waals surface area contributed by atoms with Gasteiger partial charge in [-0.25, -0.2) is 4.98 Å². The predicted molar refractivity (Wildman–Crippen MR) is 106 cm³/mol. The van der Waals surface area contributed by atoms with Gasteiger partial charge in [-0.1, -0.05) is 49.2 Å². The summed E-state index contributed by atoms with van der Waals surface area (Å²) in [6.07, 6.45) is 6.86. The lowest BCUT2D eigenvalue weighted by Crippen LogP contribution is -2.44. The first kappa shape index (κ1) is 18.2. The molecular weight excluding hydrogens is 324 g/mol. The van der Waals surface area contributed by atoms with Crippen molar-refractivity contribution >= 4 is 5.96 Å². The summed E-state index contributed by atoms with van der Waals surface area (Å²) in [5.41, 5.74) is 2.73. The fourth-order valence-electron chi connectivity index (χ4n) is 3.71. The van der Waals surface area contributed by atoms with Crippen molar-refractivity contribution in [1.29, 1.82) is 0 Å². The Morgan fingerprint density at radius 2 is 1.88 bits per heavy atom. The van der Waals surface area contributed by atoms with Gasteiger partial charge in [-0.15, -0.1) is 0 Å². The van der Waals surface area contributed by atoms with E-state index < -0.39 is 0 Å². The first-order valence-corrected chi connectivity index (χ1v) is 9.25. The topological polar surface area (TPSA) is 58.5 Å². The van der Waals surface area contributed by atoms with Crippen molar-refractivity contribution in [2.45, 2.75) is 37.6 Å². The highest BCUT2D eigenvalue weighted by molar-refractivity contribution is 5.79. The molecule has 2 aromatic rings. The molecule has 5 nitrogen and oxygen atoms in total. The van der Waals surface area contributed by atoms with Gasteiger partial charge in [0.1, 0.15) is 0 Å². The first-order valence-electron chi connectivity index (χ1n) is 9.25. The zero-order valence-electron chi connectivity index (χ0n) is 15.7. The van der Waals surface area contributed by atoms with E-state index in [9.17, 15) is 0 Å². The van der Waals surface area contributed by atoms with Gasteiger partial charge in [-0.2, -0.15) is 0 Å². The lowest BCUT2D eigenvalue weighted by Gasteiger charge is -2.30. The minimum atomic E-state index is 0.209. The summed E-state index contributed by atoms with van der Waals surface area (Å²) in [6, 6.07) is 14.8. The van der Waals surface area contributed by atoms with E-state index in [0.717, 1.165) is 18.1 Å². The van der Waals surface area contributed by atoms with E-state index in [1.165, 1.54) is 31.2 Å². The van der Waals surface area contributed by atoms with Crippen LogP contribution in [0.4, 0.5) is 0 Å². The molecule has 1 heterocycles. The number of hydrogen-bond acceptors (Lipinski definition) is 3. The molecule has 0 unspecified atom stereocenters. The van der Waals surface area contributed by atoms with Crippen LogP contribution in [0.2, 0.25) is 0 Å². The van der Waals surface area contributed by atoms with Gasteiger partial charge in [0.25, 0.3) is 0 Å². The number of nitrogens with one attached hydrogen (secondary N) is 2. The molecule has 1 aliphatic rings. The maximum Gasteiger partial charge on any atom is 0.212 e. The largest absolute Gasteiger partial charge is 0.481 e. The highest BCUT2D eigenvalue weighted by Gasteiger charge is 2.35. The van der Waals surface area contributed by atoms with Crippen molar-refractivity contribution in [3.63, 3.8) is 0 Å². The third-order valence-corrected chi connectivity index (χ3v) is 5.23. The number of ether oxygens (including phenoxy) is 1. The van der Waals surface area contributed by atoms with Gasteiger partial charge in [-0.05, 0) is 24.0 Å². The molecule has 0 saturated heterocycles. The summed E-state index contributed by atoms with van der Waals surface area (Å²) in [5, 5.41) is 6.91. The number of rotatable bonds is 6. The highest BCUT2D eigenvalue weighted by atomic mass is 16.5. The SMILES string of the molecule is CN=C(NCc1ccc(OC)nc1)NCC1(c2ccccc2)CCCC1. The van der Waals surface area contributed by atoms with E-state index in [1.807, 2.05) is 25.4 Å². The predicted octanol–water partition coefficient (Wildman–Crippen LogP) is 3.27. The Morgan fingerprint density at radius 1 is 1.12 bits per heavy atom. The van der Waals surface area contributed by atoms with Crippen LogP contribution in [-0.4, -0.2) is 31.6 Å². The zero-order valence-corrected chi connectivity index (χ0v) is 15.7. The molecule has 1 fully saturated rings. The molecule has 5 heteroatoms. The van der Waals surface area contributed by atoms with Gasteiger partial charge >= 0.3 is 0 Å². The minimum Gasteiger partial charge on any atom is -0.481 e. The third kappa shape index (κ3) is 4.34. The highest BCUT2D eigenvalue weighted by Crippen LogP contribution is 2.40. The number of benzene rings is 1. The van der Waals surface area contributed by atoms with Crippen molar-refractivity contribution in [1.82, 2.24) is 15.6 Å². The Labute approximate surface area is 155 Å². The van der Waals surface area contributed by atoms with Gasteiger partial charge < -0.3 is 15.4 Å². The number of nitrogens with zero attached hydrogens (tertiary/aromatic N) is 2. The van der Waals surface area contributed by atoms with Gasteiger partial charge in [0.15, 0.2) is 5.96 Å². The quantitative estimate of drug-likeness (QED) is 0.619. The Bertz CT molecular complexity index is 707. The van der Waals surface area contributed by atoms with Gasteiger partial charge in [0, 0.05) is 37.8 Å². The smallest absolute Gasteiger partial charge is 0.212 e. The van der Waals surface area contributed by atoms with Crippen LogP contribution in [0.15, 0.2) is 53.7 Å². The number of aliphatic imine (C=N–C) groups is 1. The van der Waals surface area contributed by atoms with Crippen molar-refractivity contribution in [3.05, 3.63) is 59.8 Å². The van der Waals surface area contributed by atoms with E-state index in [4.69, 9.17) is 4.74 Å². The molecule has 0 aliphatic heterocycles. The number of guanidine groups is 1. The summed E-state index contributed by atoms with van der Waals surface area (Å²) >= 11 is 0. The molecule has 3 rings (SSSR count). The van der Waals surface area contributed by atoms with Crippen molar-refractivity contribution in [3.8, 4) is 5.88 Å². The maximum atomic E-state index is 5.10. The van der Waals surface area contributed by atoms with Gasteiger partial charge in [-0.3, -0.25) is 4.99 Å². The number of aromatic nitrogens is 1. The molecular formula is C21H28N4O. The van der Waals surface area contributed by atoms with Crippen LogP contribution in [0.3, 0.4) is 0 Å². The Hall–Kier alpha value is -2.56. The third-order valence-electron chi connectivity index (χ3n) is 5.23. The maximum absolute atomic E-state index is 5.10. The summed E-state index contributed by atoms with van der Waals surface area (Å²) < 4.78 is 5.10. The van der Waals surface area contributed by atoms with Gasteiger partial charge in [0.2, 0.25) is 5.88 Å². The fourth-order valence-corrected chi connectivity index (χ4v) is 3.71. The van der Waals surface area contributed by atoms with Crippen LogP contribution in [0, 0.1) is 0 Å². The molecule has 1 saturated carbocycles. The Kier molecular flexibility index (Phi) is 6.10. The Morgan fingerprint density at radius 3 is 2.50 bits per heavy atom. The molecule has 2 N–H and O–H groups in total. The van der Waals surface area contributed by atoms with Crippen molar-refractivity contribution < 1.29 is 4.74 Å². The van der Waals surface area contributed by atoms with E-state index in [1.54, 1.807) is 7.11 Å². The molecule has 26 heavy (non-hydrogen) atoms. The fraction of sp³-hybridized carbons (Fsp3) is 0.429. The molecule has 1 aliphatic carbocycles. The average Bonchev–Trinajstić information content (AvgIpc) is 3.19. The van der Waals surface area contributed by atoms with Crippen LogP contribution >= 0.6 is 0 Å². The van der Waals surface area contributed by atoms with Crippen LogP contribution in [0.25, 0.3) is 0 Å². The number of methoxy groups -OCH3 is 1. The second-order valence-corrected chi connectivity index (χ2v) is 6.84. The summed E-state index contributed by atoms with van der Waals surface area (Å²) in [4.78, 5) is 8.61. The number of hydrogen-bond donors (Lipinski definition) is 2. The lowest BCUT2D eigenvalue weighted by atomic mass is 9.79. The summed E-state index contributed by atoms with van der Waals surface area (Å²) in [5.74, 6) is 1.45. The molecule has 0 radical (unpaired) electrons. The monoisotopic (exact) mass is 352 g/mol. The van der Waals surface area contributed by atoms with Crippen LogP contribution in [0.1, 0.15) is 36.8 Å². The van der Waals surface area contributed by atoms with Crippen LogP contribution < -0.4 is 15.4 Å². The van der Waals surface area contributed by atoms with Gasteiger partial charge in [0.05, 0.1) is 7.11 Å². The second kappa shape index (κ2) is 8.70. The molecule has 0 bridgehead atoms. The summed E-state index contributed by atoms with van der Waals surface area (Å²) in [7, 11) is 3.43. The van der Waals surface area contributed by atoms with E-state index >= 15 is 0 Å². The van der Waals surface area contributed by atoms with Crippen molar-refractivity contribution in [2.24, 2.45) is 4.99 Å². The minimum absolute atomic E-state index is 0.209. The normalized spacial score (nSPS) is 16.3. The standard InChI is InChI=1S/C21H28N4O/c1-22-20(24-15-17-10-11-19(26-2)23-14-17)25-16-21(12-6-7-13-21)18-8-4-3-5-9-18/h3-5,8-11,14H,6-7,12-13,15-16H2,1-2H3,(H2,22,24,25).